The van der Waals surface area contributed by atoms with Crippen LogP contribution in [0.5, 0.6) is 11.5 Å². The highest BCUT2D eigenvalue weighted by atomic mass is 16.3. The Bertz CT molecular complexity index is 1250. The predicted octanol–water partition coefficient (Wildman–Crippen LogP) is 5.62. The van der Waals surface area contributed by atoms with Crippen LogP contribution in [0.3, 0.4) is 0 Å². The van der Waals surface area contributed by atoms with Crippen LogP contribution < -0.4 is 21.7 Å². The maximum atomic E-state index is 12.6. The summed E-state index contributed by atoms with van der Waals surface area (Å²) in [5.41, 5.74) is 11.8. The fourth-order valence-corrected chi connectivity index (χ4v) is 4.88. The van der Waals surface area contributed by atoms with Gasteiger partial charge in [-0.2, -0.15) is 0 Å². The molecule has 0 bridgehead atoms. The lowest BCUT2D eigenvalue weighted by Gasteiger charge is -2.16. The van der Waals surface area contributed by atoms with E-state index in [2.05, 4.69) is 35.6 Å². The highest BCUT2D eigenvalue weighted by Crippen LogP contribution is 2.22. The van der Waals surface area contributed by atoms with Crippen LogP contribution in [0.4, 0.5) is 0 Å². The van der Waals surface area contributed by atoms with Gasteiger partial charge in [0.25, 0.3) is 11.8 Å². The molecule has 242 valence electrons. The van der Waals surface area contributed by atoms with E-state index in [-0.39, 0.29) is 46.3 Å². The summed E-state index contributed by atoms with van der Waals surface area (Å²) < 4.78 is 0. The molecule has 0 saturated carbocycles. The van der Waals surface area contributed by atoms with E-state index >= 15 is 0 Å². The number of hydrazine groups is 2. The molecule has 0 aromatic heterocycles. The van der Waals surface area contributed by atoms with Crippen LogP contribution >= 0.6 is 0 Å². The molecule has 2 aromatic rings. The molecule has 10 heteroatoms. The average Bonchev–Trinajstić information content (AvgIpc) is 3.01. The zero-order valence-electron chi connectivity index (χ0n) is 26.6. The minimum Gasteiger partial charge on any atom is -0.507 e. The van der Waals surface area contributed by atoms with Crippen LogP contribution in [0.15, 0.2) is 36.4 Å². The van der Waals surface area contributed by atoms with Gasteiger partial charge in [-0.15, -0.1) is 0 Å². The molecule has 0 aliphatic heterocycles. The molecule has 0 spiro atoms. The number of hydrogen-bond donors (Lipinski definition) is 6. The number of unbranched alkanes of at least 4 members (excludes halogenated alkanes) is 4. The van der Waals surface area contributed by atoms with Crippen molar-refractivity contribution in [3.05, 3.63) is 58.7 Å². The molecule has 4 amide bonds. The Morgan fingerprint density at radius 1 is 0.636 bits per heavy atom. The van der Waals surface area contributed by atoms with Gasteiger partial charge in [-0.05, 0) is 80.3 Å². The standard InChI is InChI=1S/C34H50N4O6/c1-5-8-14-24-17-19-27(29(39)21-24)33(43)37-35-31(41)23(4)13-11-10-12-16-26(7-3)32(42)36-38-34(44)28-20-18-25(15-9-6-2)22-30(28)40/h17-23,26,39-40H,5-16H2,1-4H3,(H,35,41)(H,36,42)(H,37,43)(H,38,44). The second kappa shape index (κ2) is 19.2. The summed E-state index contributed by atoms with van der Waals surface area (Å²) in [5, 5.41) is 20.4. The van der Waals surface area contributed by atoms with Gasteiger partial charge in [0, 0.05) is 11.8 Å². The van der Waals surface area contributed by atoms with Crippen molar-refractivity contribution in [3.63, 3.8) is 0 Å². The highest BCUT2D eigenvalue weighted by molar-refractivity contribution is 5.98. The molecule has 2 unspecified atom stereocenters. The normalized spacial score (nSPS) is 12.2. The molecule has 10 nitrogen and oxygen atoms in total. The Balaban J connectivity index is 1.68. The number of amides is 4. The topological polar surface area (TPSA) is 157 Å². The first-order chi connectivity index (χ1) is 21.1. The average molecular weight is 611 g/mol. The van der Waals surface area contributed by atoms with Crippen LogP contribution in [0.2, 0.25) is 0 Å². The quantitative estimate of drug-likeness (QED) is 0.101. The number of aromatic hydroxyl groups is 2. The second-order valence-electron chi connectivity index (χ2n) is 11.4. The number of phenols is 2. The third-order valence-corrected chi connectivity index (χ3v) is 7.85. The summed E-state index contributed by atoms with van der Waals surface area (Å²) in [7, 11) is 0. The first kappa shape index (κ1) is 36.1. The Labute approximate surface area is 261 Å². The predicted molar refractivity (Wildman–Crippen MR) is 171 cm³/mol. The van der Waals surface area contributed by atoms with E-state index in [0.717, 1.165) is 68.9 Å². The number of hydrogen-bond acceptors (Lipinski definition) is 6. The third-order valence-electron chi connectivity index (χ3n) is 7.85. The van der Waals surface area contributed by atoms with Crippen molar-refractivity contribution in [2.24, 2.45) is 11.8 Å². The van der Waals surface area contributed by atoms with Crippen molar-refractivity contribution in [1.82, 2.24) is 21.7 Å². The van der Waals surface area contributed by atoms with Crippen LogP contribution in [-0.2, 0) is 22.4 Å². The molecular formula is C34H50N4O6. The third kappa shape index (κ3) is 11.9. The van der Waals surface area contributed by atoms with Crippen LogP contribution in [-0.4, -0.2) is 33.8 Å². The molecule has 0 saturated heterocycles. The van der Waals surface area contributed by atoms with E-state index < -0.39 is 11.8 Å². The van der Waals surface area contributed by atoms with E-state index in [4.69, 9.17) is 0 Å². The molecule has 0 aliphatic rings. The van der Waals surface area contributed by atoms with Gasteiger partial charge in [-0.3, -0.25) is 40.9 Å². The van der Waals surface area contributed by atoms with Gasteiger partial charge in [-0.25, -0.2) is 0 Å². The number of nitrogens with one attached hydrogen (secondary N) is 4. The molecule has 0 heterocycles. The molecule has 0 radical (unpaired) electrons. The molecule has 2 atom stereocenters. The monoisotopic (exact) mass is 610 g/mol. The van der Waals surface area contributed by atoms with Gasteiger partial charge >= 0.3 is 0 Å². The first-order valence-electron chi connectivity index (χ1n) is 15.9. The molecule has 0 aliphatic carbocycles. The summed E-state index contributed by atoms with van der Waals surface area (Å²) in [5.74, 6) is -2.62. The lowest BCUT2D eigenvalue weighted by atomic mass is 9.96. The zero-order chi connectivity index (χ0) is 32.5. The molecule has 2 rings (SSSR count). The van der Waals surface area contributed by atoms with E-state index in [1.54, 1.807) is 43.3 Å². The van der Waals surface area contributed by atoms with Gasteiger partial charge in [0.1, 0.15) is 11.5 Å². The van der Waals surface area contributed by atoms with Gasteiger partial charge in [0.2, 0.25) is 11.8 Å². The molecule has 2 aromatic carbocycles. The van der Waals surface area contributed by atoms with Crippen LogP contribution in [0.1, 0.15) is 124 Å². The summed E-state index contributed by atoms with van der Waals surface area (Å²) in [6.07, 6.45) is 9.92. The van der Waals surface area contributed by atoms with Crippen molar-refractivity contribution in [2.75, 3.05) is 0 Å². The van der Waals surface area contributed by atoms with E-state index in [1.165, 1.54) is 0 Å². The van der Waals surface area contributed by atoms with Crippen LogP contribution in [0, 0.1) is 11.8 Å². The van der Waals surface area contributed by atoms with Crippen molar-refractivity contribution in [2.45, 2.75) is 105 Å². The number of carbonyl (C=O) groups excluding carboxylic acids is 4. The SMILES string of the molecule is CCCCc1ccc(C(=O)NNC(=O)C(C)CCCCCC(CC)C(=O)NNC(=O)c2ccc(CCCC)cc2O)c(O)c1. The first-order valence-corrected chi connectivity index (χ1v) is 15.9. The summed E-state index contributed by atoms with van der Waals surface area (Å²) >= 11 is 0. The number of benzene rings is 2. The number of carbonyl (C=O) groups is 4. The Morgan fingerprint density at radius 2 is 1.11 bits per heavy atom. The lowest BCUT2D eigenvalue weighted by Crippen LogP contribution is -2.44. The number of aryl methyl sites for hydroxylation is 2. The summed E-state index contributed by atoms with van der Waals surface area (Å²) in [4.78, 5) is 50.0. The van der Waals surface area contributed by atoms with Crippen molar-refractivity contribution < 1.29 is 29.4 Å². The summed E-state index contributed by atoms with van der Waals surface area (Å²) in [6.45, 7) is 7.87. The zero-order valence-corrected chi connectivity index (χ0v) is 26.6. The number of phenolic OH excluding ortho intramolecular Hbond substituents is 2. The minimum absolute atomic E-state index is 0.0990. The maximum absolute atomic E-state index is 12.6. The van der Waals surface area contributed by atoms with Gasteiger partial charge in [0.15, 0.2) is 0 Å². The number of rotatable bonds is 17. The Kier molecular flexibility index (Phi) is 15.8. The fraction of sp³-hybridized carbons (Fsp3) is 0.529. The van der Waals surface area contributed by atoms with E-state index in [1.807, 2.05) is 6.92 Å². The van der Waals surface area contributed by atoms with Crippen molar-refractivity contribution in [3.8, 4) is 11.5 Å². The molecule has 44 heavy (non-hydrogen) atoms. The van der Waals surface area contributed by atoms with Gasteiger partial charge in [0.05, 0.1) is 11.1 Å². The highest BCUT2D eigenvalue weighted by Gasteiger charge is 2.19. The van der Waals surface area contributed by atoms with Crippen LogP contribution in [0.25, 0.3) is 0 Å². The lowest BCUT2D eigenvalue weighted by molar-refractivity contribution is -0.126. The second-order valence-corrected chi connectivity index (χ2v) is 11.4. The Hall–Kier alpha value is -4.08. The van der Waals surface area contributed by atoms with E-state index in [0.29, 0.717) is 19.3 Å². The maximum Gasteiger partial charge on any atom is 0.273 e. The summed E-state index contributed by atoms with van der Waals surface area (Å²) in [6, 6.07) is 9.89. The fourth-order valence-electron chi connectivity index (χ4n) is 4.88. The molecule has 6 N–H and O–H groups in total. The van der Waals surface area contributed by atoms with E-state index in [9.17, 15) is 29.4 Å². The smallest absolute Gasteiger partial charge is 0.273 e. The van der Waals surface area contributed by atoms with Gasteiger partial charge < -0.3 is 10.2 Å². The molecular weight excluding hydrogens is 560 g/mol. The molecule has 0 fully saturated rings. The largest absolute Gasteiger partial charge is 0.507 e. The van der Waals surface area contributed by atoms with Crippen molar-refractivity contribution >= 4 is 23.6 Å². The minimum atomic E-state index is -0.581. The Morgan fingerprint density at radius 3 is 1.57 bits per heavy atom. The van der Waals surface area contributed by atoms with Gasteiger partial charge in [-0.1, -0.05) is 71.9 Å². The van der Waals surface area contributed by atoms with Crippen molar-refractivity contribution in [1.29, 1.82) is 0 Å².